The van der Waals surface area contributed by atoms with E-state index in [-0.39, 0.29) is 0 Å². The van der Waals surface area contributed by atoms with Crippen molar-refractivity contribution in [3.05, 3.63) is 0 Å². The van der Waals surface area contributed by atoms with Crippen LogP contribution in [0.3, 0.4) is 0 Å². The Morgan fingerprint density at radius 1 is 0.447 bits per heavy atom. The van der Waals surface area contributed by atoms with Gasteiger partial charge in [-0.2, -0.15) is 0 Å². The lowest BCUT2D eigenvalue weighted by Crippen LogP contribution is -2.55. The summed E-state index contributed by atoms with van der Waals surface area (Å²) in [5, 5.41) is 0. The summed E-state index contributed by atoms with van der Waals surface area (Å²) in [5.74, 6) is 5.59. The molecule has 6 heterocycles. The van der Waals surface area contributed by atoms with E-state index >= 15 is 0 Å². The van der Waals surface area contributed by atoms with E-state index < -0.39 is 0 Å². The Morgan fingerprint density at radius 3 is 1.08 bits per heavy atom. The number of piperidine rings is 4. The molecule has 6 unspecified atom stereocenters. The molecule has 6 aliphatic heterocycles. The molecule has 6 atom stereocenters. The molecule has 0 aromatic rings. The van der Waals surface area contributed by atoms with Crippen molar-refractivity contribution >= 4 is 0 Å². The zero-order valence-corrected chi connectivity index (χ0v) is 26.9. The first-order chi connectivity index (χ1) is 18.0. The van der Waals surface area contributed by atoms with Gasteiger partial charge < -0.3 is 14.5 Å². The summed E-state index contributed by atoms with van der Waals surface area (Å²) in [5.41, 5.74) is 0. The maximum Gasteiger partial charge on any atom is 0.0622 e. The molecule has 0 N–H and O–H groups in total. The Bertz CT molecular complexity index is 628. The minimum atomic E-state index is 0.694. The molecule has 0 aromatic carbocycles. The third-order valence-corrected chi connectivity index (χ3v) is 12.3. The van der Waals surface area contributed by atoms with Gasteiger partial charge in [-0.15, -0.1) is 0 Å². The Kier molecular flexibility index (Phi) is 11.1. The Morgan fingerprint density at radius 2 is 0.737 bits per heavy atom. The minimum absolute atomic E-state index is 0.694. The minimum Gasteiger partial charge on any atom is -0.378 e. The van der Waals surface area contributed by atoms with E-state index in [4.69, 9.17) is 4.74 Å². The van der Waals surface area contributed by atoms with Crippen molar-refractivity contribution in [1.29, 1.82) is 0 Å². The molecule has 0 aromatic heterocycles. The van der Waals surface area contributed by atoms with E-state index in [1.54, 1.807) is 0 Å². The van der Waals surface area contributed by atoms with Crippen molar-refractivity contribution in [2.24, 2.45) is 35.5 Å². The fraction of sp³-hybridized carbons (Fsp3) is 1.00. The standard InChI is InChI=1S/C12H23N.C11H21NO.C11H21N/c1-9(2)10-7-11-5-4-6-12(8-10)13(11)3;1-8(2)9-4-10-6-13-7-11(5-9)12(10)3;1-8(2)9-6-10-4-5-11(7-9)12(10)3/h9-12H,4-8H2,1-3H3;8-11H,4-7H2,1-3H3;8-11H,4-7H2,1-3H3. The number of ether oxygens (including phenoxy) is 1. The van der Waals surface area contributed by atoms with Crippen LogP contribution in [0.2, 0.25) is 0 Å². The molecule has 6 rings (SSSR count). The number of hydrogen-bond acceptors (Lipinski definition) is 4. The quantitative estimate of drug-likeness (QED) is 0.384. The molecule has 38 heavy (non-hydrogen) atoms. The van der Waals surface area contributed by atoms with Gasteiger partial charge in [0.25, 0.3) is 0 Å². The van der Waals surface area contributed by atoms with E-state index in [1.165, 1.54) is 70.6 Å². The molecule has 6 aliphatic rings. The maximum absolute atomic E-state index is 5.59. The summed E-state index contributed by atoms with van der Waals surface area (Å²) < 4.78 is 5.59. The Labute approximate surface area is 237 Å². The average Bonchev–Trinajstić information content (AvgIpc) is 3.03. The second kappa shape index (κ2) is 13.7. The second-order valence-electron chi connectivity index (χ2n) is 15.4. The molecular formula is C34H65N3O. The number of fused-ring (bicyclic) bond motifs is 6. The number of rotatable bonds is 3. The molecule has 6 saturated heterocycles. The Balaban J connectivity index is 0.000000133. The van der Waals surface area contributed by atoms with Gasteiger partial charge in [-0.25, -0.2) is 0 Å². The van der Waals surface area contributed by atoms with Crippen LogP contribution in [0.1, 0.15) is 112 Å². The number of likely N-dealkylation sites (N-methyl/N-ethyl adjacent to an activating group) is 1. The van der Waals surface area contributed by atoms with Gasteiger partial charge in [0.1, 0.15) is 0 Å². The summed E-state index contributed by atoms with van der Waals surface area (Å²) in [6.45, 7) is 16.2. The van der Waals surface area contributed by atoms with Gasteiger partial charge in [0.05, 0.1) is 13.2 Å². The van der Waals surface area contributed by atoms with Crippen molar-refractivity contribution in [1.82, 2.24) is 14.7 Å². The number of morpholine rings is 1. The summed E-state index contributed by atoms with van der Waals surface area (Å²) >= 11 is 0. The largest absolute Gasteiger partial charge is 0.378 e. The molecule has 6 fully saturated rings. The normalized spacial score (nSPS) is 41.5. The van der Waals surface area contributed by atoms with Gasteiger partial charge in [0.15, 0.2) is 0 Å². The smallest absolute Gasteiger partial charge is 0.0622 e. The summed E-state index contributed by atoms with van der Waals surface area (Å²) in [6.07, 6.45) is 15.8. The van der Waals surface area contributed by atoms with E-state index in [1.807, 2.05) is 0 Å². The van der Waals surface area contributed by atoms with Crippen LogP contribution < -0.4 is 0 Å². The van der Waals surface area contributed by atoms with Crippen LogP contribution in [-0.4, -0.2) is 85.3 Å². The summed E-state index contributed by atoms with van der Waals surface area (Å²) in [7, 11) is 6.91. The maximum atomic E-state index is 5.59. The SMILES string of the molecule is CC(C)C1CC2CCC(C1)N2C.CC(C)C1CC2CCCC(C1)N2C.CC(C)C1CC2COCC(C1)N2C. The molecule has 6 bridgehead atoms. The molecule has 0 aliphatic carbocycles. The summed E-state index contributed by atoms with van der Waals surface area (Å²) in [6, 6.07) is 5.08. The zero-order valence-electron chi connectivity index (χ0n) is 26.9. The molecule has 0 spiro atoms. The third kappa shape index (κ3) is 7.37. The van der Waals surface area contributed by atoms with Crippen molar-refractivity contribution in [3.63, 3.8) is 0 Å². The topological polar surface area (TPSA) is 19.0 Å². The van der Waals surface area contributed by atoms with Crippen LogP contribution in [-0.2, 0) is 4.74 Å². The second-order valence-corrected chi connectivity index (χ2v) is 15.4. The fourth-order valence-corrected chi connectivity index (χ4v) is 8.88. The van der Waals surface area contributed by atoms with Crippen LogP contribution in [0, 0.1) is 35.5 Å². The van der Waals surface area contributed by atoms with Gasteiger partial charge in [-0.3, -0.25) is 4.90 Å². The lowest BCUT2D eigenvalue weighted by atomic mass is 9.74. The van der Waals surface area contributed by atoms with Crippen LogP contribution in [0.4, 0.5) is 0 Å². The molecule has 4 nitrogen and oxygen atoms in total. The van der Waals surface area contributed by atoms with Crippen LogP contribution in [0.15, 0.2) is 0 Å². The molecule has 4 heteroatoms. The predicted molar refractivity (Wildman–Crippen MR) is 163 cm³/mol. The van der Waals surface area contributed by atoms with Gasteiger partial charge in [-0.05, 0) is 121 Å². The van der Waals surface area contributed by atoms with Gasteiger partial charge >= 0.3 is 0 Å². The highest BCUT2D eigenvalue weighted by Crippen LogP contribution is 2.40. The van der Waals surface area contributed by atoms with Crippen molar-refractivity contribution in [3.8, 4) is 0 Å². The number of hydrogen-bond donors (Lipinski definition) is 0. The van der Waals surface area contributed by atoms with Crippen molar-refractivity contribution in [2.75, 3.05) is 34.4 Å². The highest BCUT2D eigenvalue weighted by molar-refractivity contribution is 4.94. The fourth-order valence-electron chi connectivity index (χ4n) is 8.88. The lowest BCUT2D eigenvalue weighted by molar-refractivity contribution is -0.0803. The zero-order chi connectivity index (χ0) is 27.6. The third-order valence-electron chi connectivity index (χ3n) is 12.3. The van der Waals surface area contributed by atoms with E-state index in [0.29, 0.717) is 12.1 Å². The van der Waals surface area contributed by atoms with Crippen LogP contribution in [0.5, 0.6) is 0 Å². The van der Waals surface area contributed by atoms with Crippen molar-refractivity contribution < 1.29 is 4.74 Å². The van der Waals surface area contributed by atoms with Crippen LogP contribution in [0.25, 0.3) is 0 Å². The van der Waals surface area contributed by atoms with Gasteiger partial charge in [0.2, 0.25) is 0 Å². The first-order valence-corrected chi connectivity index (χ1v) is 16.8. The van der Waals surface area contributed by atoms with Gasteiger partial charge in [-0.1, -0.05) is 48.0 Å². The van der Waals surface area contributed by atoms with Crippen LogP contribution >= 0.6 is 0 Å². The highest BCUT2D eigenvalue weighted by atomic mass is 16.5. The first kappa shape index (κ1) is 30.8. The van der Waals surface area contributed by atoms with E-state index in [2.05, 4.69) is 77.4 Å². The predicted octanol–water partition coefficient (Wildman–Crippen LogP) is 7.17. The monoisotopic (exact) mass is 532 g/mol. The molecule has 0 saturated carbocycles. The van der Waals surface area contributed by atoms with E-state index in [9.17, 15) is 0 Å². The first-order valence-electron chi connectivity index (χ1n) is 16.8. The molecule has 0 radical (unpaired) electrons. The van der Waals surface area contributed by atoms with Gasteiger partial charge in [0, 0.05) is 36.3 Å². The molecular weight excluding hydrogens is 466 g/mol. The Hall–Kier alpha value is -0.160. The molecule has 222 valence electrons. The lowest BCUT2D eigenvalue weighted by Gasteiger charge is -2.48. The average molecular weight is 532 g/mol. The number of nitrogens with zero attached hydrogens (tertiary/aromatic N) is 3. The van der Waals surface area contributed by atoms with Crippen molar-refractivity contribution in [2.45, 2.75) is 148 Å². The summed E-state index contributed by atoms with van der Waals surface area (Å²) in [4.78, 5) is 7.81. The highest BCUT2D eigenvalue weighted by Gasteiger charge is 2.40. The van der Waals surface area contributed by atoms with E-state index in [0.717, 1.165) is 72.9 Å². The molecule has 0 amide bonds.